The quantitative estimate of drug-likeness (QED) is 0.183. The van der Waals surface area contributed by atoms with Gasteiger partial charge in [0.25, 0.3) is 0 Å². The number of rotatable bonds is 11. The summed E-state index contributed by atoms with van der Waals surface area (Å²) in [5.74, 6) is -2.42. The normalized spacial score (nSPS) is 34.1. The number of hydrogen-bond donors (Lipinski definition) is 1. The molecule has 3 unspecified atom stereocenters. The summed E-state index contributed by atoms with van der Waals surface area (Å²) in [7, 11) is 0. The largest absolute Gasteiger partial charge is 0.465 e. The molecule has 8 nitrogen and oxygen atoms in total. The van der Waals surface area contributed by atoms with E-state index in [1.54, 1.807) is 17.1 Å². The second-order valence-electron chi connectivity index (χ2n) is 10.1. The Morgan fingerprint density at radius 3 is 2.66 bits per heavy atom. The third kappa shape index (κ3) is 4.60. The van der Waals surface area contributed by atoms with Crippen molar-refractivity contribution in [3.8, 4) is 0 Å². The van der Waals surface area contributed by atoms with Crippen LogP contribution in [0.5, 0.6) is 0 Å². The second-order valence-corrected chi connectivity index (χ2v) is 11.3. The molecule has 9 heteroatoms. The second kappa shape index (κ2) is 11.1. The molecule has 4 fully saturated rings. The van der Waals surface area contributed by atoms with Gasteiger partial charge in [0.2, 0.25) is 11.8 Å². The molecule has 4 aliphatic rings. The van der Waals surface area contributed by atoms with Crippen molar-refractivity contribution < 1.29 is 29.0 Å². The molecule has 1 aliphatic carbocycles. The lowest BCUT2D eigenvalue weighted by atomic mass is 9.70. The highest BCUT2D eigenvalue weighted by Gasteiger charge is 2.77. The minimum Gasteiger partial charge on any atom is -0.465 e. The zero-order valence-electron chi connectivity index (χ0n) is 20.3. The van der Waals surface area contributed by atoms with Crippen LogP contribution in [0.2, 0.25) is 0 Å². The Labute approximate surface area is 215 Å². The van der Waals surface area contributed by atoms with Crippen LogP contribution in [0.15, 0.2) is 25.3 Å². The van der Waals surface area contributed by atoms with Crippen LogP contribution < -0.4 is 0 Å². The summed E-state index contributed by atoms with van der Waals surface area (Å²) in [4.78, 5) is 44.5. The van der Waals surface area contributed by atoms with E-state index in [0.717, 1.165) is 32.1 Å². The van der Waals surface area contributed by atoms with Gasteiger partial charge in [-0.05, 0) is 32.1 Å². The molecule has 35 heavy (non-hydrogen) atoms. The topological polar surface area (TPSA) is 96.4 Å². The minimum absolute atomic E-state index is 0.0949. The maximum atomic E-state index is 14.3. The first-order valence-corrected chi connectivity index (χ1v) is 13.7. The average molecular weight is 553 g/mol. The van der Waals surface area contributed by atoms with E-state index in [1.165, 1.54) is 0 Å². The Hall–Kier alpha value is -1.71. The molecule has 4 rings (SSSR count). The fourth-order valence-electron chi connectivity index (χ4n) is 6.61. The molecule has 3 heterocycles. The van der Waals surface area contributed by atoms with Crippen molar-refractivity contribution in [3.63, 3.8) is 0 Å². The van der Waals surface area contributed by atoms with Crippen molar-refractivity contribution in [2.24, 2.45) is 11.8 Å². The number of carbonyl (C=O) groups is 3. The fourth-order valence-corrected chi connectivity index (χ4v) is 7.55. The van der Waals surface area contributed by atoms with Crippen molar-refractivity contribution in [2.45, 2.75) is 80.0 Å². The highest BCUT2D eigenvalue weighted by atomic mass is 79.9. The molecule has 0 radical (unpaired) electrons. The van der Waals surface area contributed by atoms with E-state index in [2.05, 4.69) is 29.1 Å². The van der Waals surface area contributed by atoms with Gasteiger partial charge < -0.3 is 24.4 Å². The summed E-state index contributed by atoms with van der Waals surface area (Å²) in [6.07, 6.45) is 9.35. The molecule has 3 aliphatic heterocycles. The van der Waals surface area contributed by atoms with Gasteiger partial charge in [-0.15, -0.1) is 13.2 Å². The van der Waals surface area contributed by atoms with E-state index in [9.17, 15) is 19.5 Å². The molecule has 6 atom stereocenters. The fraction of sp³-hybridized carbons (Fsp3) is 0.731. The highest BCUT2D eigenvalue weighted by Crippen LogP contribution is 2.60. The van der Waals surface area contributed by atoms with Gasteiger partial charge in [-0.2, -0.15) is 0 Å². The van der Waals surface area contributed by atoms with Gasteiger partial charge in [-0.1, -0.05) is 47.3 Å². The van der Waals surface area contributed by atoms with Crippen LogP contribution >= 0.6 is 15.9 Å². The summed E-state index contributed by atoms with van der Waals surface area (Å²) in [6.45, 7) is 8.25. The molecule has 0 aromatic heterocycles. The van der Waals surface area contributed by atoms with Crippen LogP contribution in [-0.2, 0) is 23.9 Å². The standard InChI is InChI=1S/C26H37BrN2O6/c1-3-5-15-34-25(33)19-20-23(31)29(13-9-14-30)22(26(20)16-18(27)21(19)35-26)24(32)28(12-4-2)17-10-7-6-8-11-17/h3-4,17-22,30H,1-2,5-16H2/t18?,19-,20+,21-,22?,26?/m1/s1. The van der Waals surface area contributed by atoms with E-state index < -0.39 is 35.6 Å². The van der Waals surface area contributed by atoms with Crippen LogP contribution in [0.3, 0.4) is 0 Å². The number of ether oxygens (including phenoxy) is 2. The maximum absolute atomic E-state index is 14.3. The number of hydrogen-bond acceptors (Lipinski definition) is 6. The Kier molecular flexibility index (Phi) is 8.38. The molecule has 3 saturated heterocycles. The van der Waals surface area contributed by atoms with Gasteiger partial charge in [0.1, 0.15) is 11.6 Å². The zero-order chi connectivity index (χ0) is 25.2. The predicted octanol–water partition coefficient (Wildman–Crippen LogP) is 2.58. The number of aliphatic hydroxyl groups is 1. The maximum Gasteiger partial charge on any atom is 0.312 e. The average Bonchev–Trinajstić information content (AvgIpc) is 3.44. The molecule has 2 bridgehead atoms. The molecule has 1 N–H and O–H groups in total. The first kappa shape index (κ1) is 26.4. The van der Waals surface area contributed by atoms with E-state index in [1.807, 2.05) is 4.90 Å². The van der Waals surface area contributed by atoms with Crippen molar-refractivity contribution in [3.05, 3.63) is 25.3 Å². The van der Waals surface area contributed by atoms with Crippen LogP contribution in [0.4, 0.5) is 0 Å². The molecule has 0 aromatic rings. The molecule has 194 valence electrons. The number of likely N-dealkylation sites (tertiary alicyclic amines) is 1. The Morgan fingerprint density at radius 1 is 1.26 bits per heavy atom. The number of halogens is 1. The van der Waals surface area contributed by atoms with Crippen molar-refractivity contribution >= 4 is 33.7 Å². The van der Waals surface area contributed by atoms with Gasteiger partial charge in [0.15, 0.2) is 0 Å². The molecule has 2 amide bonds. The smallest absolute Gasteiger partial charge is 0.312 e. The lowest BCUT2D eigenvalue weighted by Gasteiger charge is -2.41. The number of amides is 2. The lowest BCUT2D eigenvalue weighted by molar-refractivity contribution is -0.155. The first-order valence-electron chi connectivity index (χ1n) is 12.8. The molecule has 1 saturated carbocycles. The molecular formula is C26H37BrN2O6. The summed E-state index contributed by atoms with van der Waals surface area (Å²) in [6, 6.07) is -0.748. The molecule has 1 spiro atoms. The van der Waals surface area contributed by atoms with Gasteiger partial charge in [0.05, 0.1) is 24.5 Å². The number of carbonyl (C=O) groups excluding carboxylic acids is 3. The predicted molar refractivity (Wildman–Crippen MR) is 134 cm³/mol. The van der Waals surface area contributed by atoms with E-state index in [0.29, 0.717) is 25.8 Å². The Bertz CT molecular complexity index is 846. The Morgan fingerprint density at radius 2 is 2.00 bits per heavy atom. The summed E-state index contributed by atoms with van der Waals surface area (Å²) >= 11 is 3.67. The van der Waals surface area contributed by atoms with E-state index >= 15 is 0 Å². The van der Waals surface area contributed by atoms with Gasteiger partial charge in [-0.25, -0.2) is 0 Å². The van der Waals surface area contributed by atoms with Crippen LogP contribution in [0, 0.1) is 11.8 Å². The summed E-state index contributed by atoms with van der Waals surface area (Å²) in [5, 5.41) is 9.50. The highest BCUT2D eigenvalue weighted by molar-refractivity contribution is 9.09. The first-order chi connectivity index (χ1) is 16.9. The third-order valence-corrected chi connectivity index (χ3v) is 8.89. The number of nitrogens with zero attached hydrogens (tertiary/aromatic N) is 2. The van der Waals surface area contributed by atoms with Gasteiger partial charge >= 0.3 is 5.97 Å². The number of aliphatic hydroxyl groups excluding tert-OH is 1. The van der Waals surface area contributed by atoms with E-state index in [-0.39, 0.29) is 42.4 Å². The Balaban J connectivity index is 1.69. The van der Waals surface area contributed by atoms with Crippen molar-refractivity contribution in [1.29, 1.82) is 0 Å². The number of alkyl halides is 1. The lowest BCUT2D eigenvalue weighted by Crippen LogP contribution is -2.58. The molecular weight excluding hydrogens is 516 g/mol. The minimum atomic E-state index is -1.10. The monoisotopic (exact) mass is 552 g/mol. The third-order valence-electron chi connectivity index (χ3n) is 8.04. The molecule has 0 aromatic carbocycles. The number of esters is 1. The van der Waals surface area contributed by atoms with Gasteiger partial charge in [-0.3, -0.25) is 14.4 Å². The zero-order valence-corrected chi connectivity index (χ0v) is 21.9. The van der Waals surface area contributed by atoms with Gasteiger partial charge in [0, 0.05) is 30.6 Å². The van der Waals surface area contributed by atoms with Crippen molar-refractivity contribution in [1.82, 2.24) is 9.80 Å². The van der Waals surface area contributed by atoms with Crippen LogP contribution in [0.25, 0.3) is 0 Å². The van der Waals surface area contributed by atoms with Crippen LogP contribution in [0.1, 0.15) is 51.4 Å². The number of fused-ring (bicyclic) bond motifs is 1. The summed E-state index contributed by atoms with van der Waals surface area (Å²) < 4.78 is 12.0. The van der Waals surface area contributed by atoms with Crippen molar-refractivity contribution in [2.75, 3.05) is 26.3 Å². The summed E-state index contributed by atoms with van der Waals surface area (Å²) in [5.41, 5.74) is -1.10. The van der Waals surface area contributed by atoms with Crippen LogP contribution in [-0.4, -0.2) is 87.6 Å². The SMILES string of the molecule is C=CCCOC(=O)[C@H]1[C@@H]2OC3(CC2Br)C(C(=O)N(CC=C)C2CCCCC2)N(CCCO)C(=O)[C@H]13. The van der Waals surface area contributed by atoms with E-state index in [4.69, 9.17) is 9.47 Å².